The number of aromatic nitrogens is 2. The number of carbonyl (C=O) groups is 2. The number of rotatable bonds is 8. The molecule has 3 aromatic rings. The third kappa shape index (κ3) is 5.33. The lowest BCUT2D eigenvalue weighted by Gasteiger charge is -2.16. The molecule has 0 saturated carbocycles. The molecular formula is C21H21N5O3S2. The highest BCUT2D eigenvalue weighted by Gasteiger charge is 2.21. The molecule has 1 aliphatic heterocycles. The van der Waals surface area contributed by atoms with E-state index < -0.39 is 0 Å². The average molecular weight is 456 g/mol. The van der Waals surface area contributed by atoms with Gasteiger partial charge >= 0.3 is 0 Å². The Morgan fingerprint density at radius 3 is 2.74 bits per heavy atom. The first-order valence-corrected chi connectivity index (χ1v) is 11.5. The van der Waals surface area contributed by atoms with Crippen molar-refractivity contribution in [2.45, 2.75) is 17.2 Å². The molecule has 0 aliphatic carbocycles. The summed E-state index contributed by atoms with van der Waals surface area (Å²) in [4.78, 5) is 25.9. The predicted molar refractivity (Wildman–Crippen MR) is 124 cm³/mol. The van der Waals surface area contributed by atoms with Crippen LogP contribution in [0.25, 0.3) is 0 Å². The van der Waals surface area contributed by atoms with Crippen LogP contribution >= 0.6 is 23.1 Å². The first kappa shape index (κ1) is 21.1. The van der Waals surface area contributed by atoms with E-state index in [9.17, 15) is 9.59 Å². The van der Waals surface area contributed by atoms with Gasteiger partial charge in [-0.1, -0.05) is 35.2 Å². The summed E-state index contributed by atoms with van der Waals surface area (Å²) in [5, 5.41) is 14.9. The highest BCUT2D eigenvalue weighted by molar-refractivity contribution is 8.01. The molecule has 1 aliphatic rings. The van der Waals surface area contributed by atoms with Gasteiger partial charge in [-0.2, -0.15) is 0 Å². The number of anilines is 4. The van der Waals surface area contributed by atoms with E-state index >= 15 is 0 Å². The zero-order valence-electron chi connectivity index (χ0n) is 16.8. The van der Waals surface area contributed by atoms with E-state index in [-0.39, 0.29) is 17.6 Å². The van der Waals surface area contributed by atoms with Gasteiger partial charge in [0.1, 0.15) is 5.75 Å². The van der Waals surface area contributed by atoms with Crippen molar-refractivity contribution in [3.05, 3.63) is 48.5 Å². The Kier molecular flexibility index (Phi) is 6.68. The van der Waals surface area contributed by atoms with Crippen molar-refractivity contribution in [2.75, 3.05) is 34.9 Å². The van der Waals surface area contributed by atoms with Crippen molar-refractivity contribution in [3.8, 4) is 5.75 Å². The van der Waals surface area contributed by atoms with E-state index in [1.807, 2.05) is 48.5 Å². The number of carbonyl (C=O) groups excluding carboxylic acids is 2. The molecule has 2 heterocycles. The Morgan fingerprint density at radius 2 is 2.00 bits per heavy atom. The lowest BCUT2D eigenvalue weighted by atomic mass is 10.2. The van der Waals surface area contributed by atoms with E-state index in [0.717, 1.165) is 24.3 Å². The monoisotopic (exact) mass is 455 g/mol. The average Bonchev–Trinajstić information content (AvgIpc) is 3.42. The third-order valence-electron chi connectivity index (χ3n) is 4.62. The SMILES string of the molecule is COc1ccccc1Nc1nnc(SCC(=O)Nc2ccc(N3CCCC3=O)cc2)s1. The summed E-state index contributed by atoms with van der Waals surface area (Å²) in [6.45, 7) is 0.747. The fourth-order valence-corrected chi connectivity index (χ4v) is 4.72. The van der Waals surface area contributed by atoms with Crippen LogP contribution < -0.4 is 20.3 Å². The van der Waals surface area contributed by atoms with Crippen LogP contribution in [0.2, 0.25) is 0 Å². The molecule has 31 heavy (non-hydrogen) atoms. The summed E-state index contributed by atoms with van der Waals surface area (Å²) in [6.07, 6.45) is 1.48. The first-order valence-electron chi connectivity index (χ1n) is 9.69. The molecule has 0 spiro atoms. The standard InChI is InChI=1S/C21H21N5O3S2/c1-29-17-6-3-2-5-16(17)23-20-24-25-21(31-20)30-13-18(27)22-14-8-10-15(11-9-14)26-12-4-7-19(26)28/h2-3,5-6,8-11H,4,7,12-13H2,1H3,(H,22,27)(H,23,24). The van der Waals surface area contributed by atoms with Gasteiger partial charge in [-0.15, -0.1) is 10.2 Å². The van der Waals surface area contributed by atoms with Gasteiger partial charge in [-0.05, 0) is 42.8 Å². The molecule has 1 aromatic heterocycles. The zero-order chi connectivity index (χ0) is 21.6. The molecule has 8 nitrogen and oxygen atoms in total. The Bertz CT molecular complexity index is 1070. The van der Waals surface area contributed by atoms with Crippen LogP contribution in [0.1, 0.15) is 12.8 Å². The highest BCUT2D eigenvalue weighted by Crippen LogP contribution is 2.31. The van der Waals surface area contributed by atoms with Crippen molar-refractivity contribution in [2.24, 2.45) is 0 Å². The largest absolute Gasteiger partial charge is 0.495 e. The van der Waals surface area contributed by atoms with Crippen molar-refractivity contribution in [3.63, 3.8) is 0 Å². The van der Waals surface area contributed by atoms with E-state index in [2.05, 4.69) is 20.8 Å². The fourth-order valence-electron chi connectivity index (χ4n) is 3.15. The van der Waals surface area contributed by atoms with Gasteiger partial charge in [0.25, 0.3) is 0 Å². The van der Waals surface area contributed by atoms with Crippen LogP contribution in [0.3, 0.4) is 0 Å². The molecule has 2 amide bonds. The van der Waals surface area contributed by atoms with Crippen LogP contribution in [0.15, 0.2) is 52.9 Å². The minimum absolute atomic E-state index is 0.135. The topological polar surface area (TPSA) is 96.4 Å². The molecule has 2 N–H and O–H groups in total. The highest BCUT2D eigenvalue weighted by atomic mass is 32.2. The summed E-state index contributed by atoms with van der Waals surface area (Å²) in [6, 6.07) is 14.9. The second-order valence-corrected chi connectivity index (χ2v) is 8.93. The maximum absolute atomic E-state index is 12.3. The van der Waals surface area contributed by atoms with Crippen molar-refractivity contribution < 1.29 is 14.3 Å². The van der Waals surface area contributed by atoms with Gasteiger partial charge in [0.2, 0.25) is 16.9 Å². The molecule has 0 radical (unpaired) electrons. The molecule has 10 heteroatoms. The quantitative estimate of drug-likeness (QED) is 0.493. The molecule has 1 saturated heterocycles. The molecule has 2 aromatic carbocycles. The lowest BCUT2D eigenvalue weighted by molar-refractivity contribution is -0.117. The maximum Gasteiger partial charge on any atom is 0.234 e. The van der Waals surface area contributed by atoms with Crippen LogP contribution in [-0.4, -0.2) is 41.4 Å². The van der Waals surface area contributed by atoms with Crippen LogP contribution in [0.5, 0.6) is 5.75 Å². The lowest BCUT2D eigenvalue weighted by Crippen LogP contribution is -2.23. The minimum atomic E-state index is -0.135. The second kappa shape index (κ2) is 9.80. The second-order valence-electron chi connectivity index (χ2n) is 6.73. The van der Waals surface area contributed by atoms with E-state index in [0.29, 0.717) is 27.3 Å². The number of benzene rings is 2. The third-order valence-corrected chi connectivity index (χ3v) is 6.59. The van der Waals surface area contributed by atoms with Crippen molar-refractivity contribution >= 4 is 57.1 Å². The Labute approximate surface area is 188 Å². The summed E-state index contributed by atoms with van der Waals surface area (Å²) in [5.74, 6) is 0.941. The number of methoxy groups -OCH3 is 1. The van der Waals surface area contributed by atoms with E-state index in [4.69, 9.17) is 4.74 Å². The van der Waals surface area contributed by atoms with Gasteiger partial charge in [-0.3, -0.25) is 9.59 Å². The molecule has 0 unspecified atom stereocenters. The smallest absolute Gasteiger partial charge is 0.234 e. The molecule has 1 fully saturated rings. The van der Waals surface area contributed by atoms with E-state index in [1.165, 1.54) is 23.1 Å². The van der Waals surface area contributed by atoms with E-state index in [1.54, 1.807) is 12.0 Å². The summed E-state index contributed by atoms with van der Waals surface area (Å²) >= 11 is 2.69. The first-order chi connectivity index (χ1) is 15.1. The Morgan fingerprint density at radius 1 is 1.19 bits per heavy atom. The Hall–Kier alpha value is -3.11. The summed E-state index contributed by atoms with van der Waals surface area (Å²) in [5.41, 5.74) is 2.35. The van der Waals surface area contributed by atoms with Gasteiger partial charge in [-0.25, -0.2) is 0 Å². The van der Waals surface area contributed by atoms with Crippen molar-refractivity contribution in [1.82, 2.24) is 10.2 Å². The number of amides is 2. The number of thioether (sulfide) groups is 1. The molecule has 4 rings (SSSR count). The minimum Gasteiger partial charge on any atom is -0.495 e. The van der Waals surface area contributed by atoms with Crippen LogP contribution in [0, 0.1) is 0 Å². The fraction of sp³-hybridized carbons (Fsp3) is 0.238. The molecular weight excluding hydrogens is 434 g/mol. The van der Waals surface area contributed by atoms with Crippen LogP contribution in [0.4, 0.5) is 22.2 Å². The number of nitrogens with one attached hydrogen (secondary N) is 2. The predicted octanol–water partition coefficient (Wildman–Crippen LogP) is 4.15. The number of para-hydroxylation sites is 2. The van der Waals surface area contributed by atoms with Crippen LogP contribution in [-0.2, 0) is 9.59 Å². The van der Waals surface area contributed by atoms with Gasteiger partial charge in [0.15, 0.2) is 4.34 Å². The maximum atomic E-state index is 12.3. The summed E-state index contributed by atoms with van der Waals surface area (Å²) < 4.78 is 6.01. The van der Waals surface area contributed by atoms with Gasteiger partial charge in [0, 0.05) is 24.3 Å². The number of ether oxygens (including phenoxy) is 1. The molecule has 160 valence electrons. The number of nitrogens with zero attached hydrogens (tertiary/aromatic N) is 3. The zero-order valence-corrected chi connectivity index (χ0v) is 18.5. The van der Waals surface area contributed by atoms with Crippen molar-refractivity contribution in [1.29, 1.82) is 0 Å². The normalized spacial score (nSPS) is 13.3. The Balaban J connectivity index is 1.28. The number of hydrogen-bond acceptors (Lipinski definition) is 8. The molecule has 0 atom stereocenters. The number of hydrogen-bond donors (Lipinski definition) is 2. The molecule has 0 bridgehead atoms. The van der Waals surface area contributed by atoms with Gasteiger partial charge < -0.3 is 20.3 Å². The van der Waals surface area contributed by atoms with Gasteiger partial charge in [0.05, 0.1) is 18.6 Å². The summed E-state index contributed by atoms with van der Waals surface area (Å²) in [7, 11) is 1.61.